The van der Waals surface area contributed by atoms with Crippen molar-refractivity contribution in [2.75, 3.05) is 40.4 Å². The van der Waals surface area contributed by atoms with Crippen LogP contribution >= 0.6 is 0 Å². The van der Waals surface area contributed by atoms with E-state index in [1.807, 2.05) is 6.07 Å². The van der Waals surface area contributed by atoms with Gasteiger partial charge in [0.1, 0.15) is 0 Å². The SMILES string of the molecule is COc1ccc(C(=O)N2CCN(C(=O)c3cccc(C#N)c3)CC2)cc1OC. The molecule has 3 rings (SSSR count). The first-order valence-electron chi connectivity index (χ1n) is 8.88. The molecule has 7 heteroatoms. The molecule has 0 aliphatic carbocycles. The van der Waals surface area contributed by atoms with Gasteiger partial charge in [0.15, 0.2) is 11.5 Å². The van der Waals surface area contributed by atoms with Crippen molar-refractivity contribution in [2.45, 2.75) is 0 Å². The number of carbonyl (C=O) groups excluding carboxylic acids is 2. The maximum Gasteiger partial charge on any atom is 0.254 e. The van der Waals surface area contributed by atoms with Gasteiger partial charge < -0.3 is 19.3 Å². The summed E-state index contributed by atoms with van der Waals surface area (Å²) in [5.74, 6) is 0.823. The number of rotatable bonds is 4. The molecule has 1 aliphatic rings. The molecule has 1 saturated heterocycles. The topological polar surface area (TPSA) is 82.9 Å². The molecule has 0 bridgehead atoms. The van der Waals surface area contributed by atoms with Gasteiger partial charge >= 0.3 is 0 Å². The Bertz CT molecular complexity index is 927. The monoisotopic (exact) mass is 379 g/mol. The fourth-order valence-corrected chi connectivity index (χ4v) is 3.17. The minimum atomic E-state index is -0.129. The molecule has 2 aromatic carbocycles. The van der Waals surface area contributed by atoms with Gasteiger partial charge in [0, 0.05) is 37.3 Å². The van der Waals surface area contributed by atoms with Crippen LogP contribution in [0.25, 0.3) is 0 Å². The van der Waals surface area contributed by atoms with E-state index in [-0.39, 0.29) is 11.8 Å². The number of carbonyl (C=O) groups is 2. The van der Waals surface area contributed by atoms with Crippen LogP contribution in [0, 0.1) is 11.3 Å². The third kappa shape index (κ3) is 3.91. The van der Waals surface area contributed by atoms with E-state index in [0.717, 1.165) is 0 Å². The lowest BCUT2D eigenvalue weighted by atomic mass is 10.1. The standard InChI is InChI=1S/C21H21N3O4/c1-27-18-7-6-17(13-19(18)28-2)21(26)24-10-8-23(9-11-24)20(25)16-5-3-4-15(12-16)14-22/h3-7,12-13H,8-11H2,1-2H3. The van der Waals surface area contributed by atoms with Crippen LogP contribution in [-0.4, -0.2) is 62.0 Å². The molecule has 7 nitrogen and oxygen atoms in total. The molecule has 28 heavy (non-hydrogen) atoms. The zero-order valence-electron chi connectivity index (χ0n) is 15.8. The summed E-state index contributed by atoms with van der Waals surface area (Å²) in [6.07, 6.45) is 0. The summed E-state index contributed by atoms with van der Waals surface area (Å²) in [6.45, 7) is 1.76. The Balaban J connectivity index is 1.65. The predicted molar refractivity (Wildman–Crippen MR) is 103 cm³/mol. The summed E-state index contributed by atoms with van der Waals surface area (Å²) in [4.78, 5) is 28.9. The number of piperazine rings is 1. The van der Waals surface area contributed by atoms with E-state index < -0.39 is 0 Å². The molecule has 0 radical (unpaired) electrons. The summed E-state index contributed by atoms with van der Waals surface area (Å²) >= 11 is 0. The first kappa shape index (κ1) is 19.2. The Kier molecular flexibility index (Phi) is 5.80. The van der Waals surface area contributed by atoms with Crippen molar-refractivity contribution in [3.63, 3.8) is 0 Å². The smallest absolute Gasteiger partial charge is 0.254 e. The molecule has 0 unspecified atom stereocenters. The maximum absolute atomic E-state index is 12.8. The van der Waals surface area contributed by atoms with Crippen molar-refractivity contribution in [3.05, 3.63) is 59.2 Å². The van der Waals surface area contributed by atoms with Crippen LogP contribution in [0.3, 0.4) is 0 Å². The Labute approximate surface area is 163 Å². The molecule has 0 spiro atoms. The van der Waals surface area contributed by atoms with E-state index >= 15 is 0 Å². The number of benzene rings is 2. The third-order valence-corrected chi connectivity index (χ3v) is 4.72. The molecule has 1 aliphatic heterocycles. The lowest BCUT2D eigenvalue weighted by Crippen LogP contribution is -2.50. The number of hydrogen-bond donors (Lipinski definition) is 0. The average Bonchev–Trinajstić information content (AvgIpc) is 2.77. The molecule has 0 N–H and O–H groups in total. The first-order chi connectivity index (χ1) is 13.6. The molecular formula is C21H21N3O4. The number of nitriles is 1. The summed E-state index contributed by atoms with van der Waals surface area (Å²) in [6, 6.07) is 13.7. The maximum atomic E-state index is 12.8. The van der Waals surface area contributed by atoms with E-state index in [9.17, 15) is 9.59 Å². The van der Waals surface area contributed by atoms with Crippen molar-refractivity contribution in [1.82, 2.24) is 9.80 Å². The number of hydrogen-bond acceptors (Lipinski definition) is 5. The van der Waals surface area contributed by atoms with Crippen molar-refractivity contribution in [2.24, 2.45) is 0 Å². The largest absolute Gasteiger partial charge is 0.493 e. The van der Waals surface area contributed by atoms with E-state index in [2.05, 4.69) is 0 Å². The average molecular weight is 379 g/mol. The molecule has 1 heterocycles. The molecule has 0 saturated carbocycles. The van der Waals surface area contributed by atoms with Gasteiger partial charge in [0.2, 0.25) is 0 Å². The lowest BCUT2D eigenvalue weighted by molar-refractivity contribution is 0.0535. The zero-order valence-corrected chi connectivity index (χ0v) is 15.8. The summed E-state index contributed by atoms with van der Waals surface area (Å²) < 4.78 is 10.5. The number of methoxy groups -OCH3 is 2. The molecule has 2 amide bonds. The fourth-order valence-electron chi connectivity index (χ4n) is 3.17. The molecule has 144 valence electrons. The fraction of sp³-hybridized carbons (Fsp3) is 0.286. The predicted octanol–water partition coefficient (Wildman–Crippen LogP) is 2.17. The van der Waals surface area contributed by atoms with Gasteiger partial charge in [-0.05, 0) is 36.4 Å². The van der Waals surface area contributed by atoms with Gasteiger partial charge in [-0.1, -0.05) is 6.07 Å². The van der Waals surface area contributed by atoms with Crippen LogP contribution in [0.5, 0.6) is 11.5 Å². The molecule has 0 atom stereocenters. The number of ether oxygens (including phenoxy) is 2. The quantitative estimate of drug-likeness (QED) is 0.813. The van der Waals surface area contributed by atoms with Crippen LogP contribution < -0.4 is 9.47 Å². The van der Waals surface area contributed by atoms with Crippen molar-refractivity contribution < 1.29 is 19.1 Å². The van der Waals surface area contributed by atoms with E-state index in [0.29, 0.717) is 54.4 Å². The van der Waals surface area contributed by atoms with Gasteiger partial charge in [0.05, 0.1) is 25.9 Å². The third-order valence-electron chi connectivity index (χ3n) is 4.72. The molecule has 0 aromatic heterocycles. The highest BCUT2D eigenvalue weighted by molar-refractivity contribution is 5.96. The highest BCUT2D eigenvalue weighted by Crippen LogP contribution is 2.28. The van der Waals surface area contributed by atoms with Gasteiger partial charge in [-0.2, -0.15) is 5.26 Å². The van der Waals surface area contributed by atoms with Gasteiger partial charge in [-0.15, -0.1) is 0 Å². The number of nitrogens with zero attached hydrogens (tertiary/aromatic N) is 3. The zero-order chi connectivity index (χ0) is 20.1. The van der Waals surface area contributed by atoms with Gasteiger partial charge in [0.25, 0.3) is 11.8 Å². The molecular weight excluding hydrogens is 358 g/mol. The minimum absolute atomic E-state index is 0.112. The first-order valence-corrected chi connectivity index (χ1v) is 8.88. The molecule has 1 fully saturated rings. The lowest BCUT2D eigenvalue weighted by Gasteiger charge is -2.35. The van der Waals surface area contributed by atoms with E-state index in [1.54, 1.807) is 59.4 Å². The molecule has 2 aromatic rings. The highest BCUT2D eigenvalue weighted by Gasteiger charge is 2.26. The Hall–Kier alpha value is -3.53. The summed E-state index contributed by atoms with van der Waals surface area (Å²) in [7, 11) is 3.07. The summed E-state index contributed by atoms with van der Waals surface area (Å²) in [5.41, 5.74) is 1.45. The second-order valence-corrected chi connectivity index (χ2v) is 6.35. The van der Waals surface area contributed by atoms with Crippen molar-refractivity contribution in [3.8, 4) is 17.6 Å². The van der Waals surface area contributed by atoms with Gasteiger partial charge in [-0.3, -0.25) is 9.59 Å². The van der Waals surface area contributed by atoms with Crippen LogP contribution in [-0.2, 0) is 0 Å². The van der Waals surface area contributed by atoms with Crippen LogP contribution in [0.4, 0.5) is 0 Å². The van der Waals surface area contributed by atoms with E-state index in [4.69, 9.17) is 14.7 Å². The van der Waals surface area contributed by atoms with Crippen LogP contribution in [0.2, 0.25) is 0 Å². The van der Waals surface area contributed by atoms with E-state index in [1.165, 1.54) is 7.11 Å². The Morgan fingerprint density at radius 1 is 0.857 bits per heavy atom. The minimum Gasteiger partial charge on any atom is -0.493 e. The second kappa shape index (κ2) is 8.44. The second-order valence-electron chi connectivity index (χ2n) is 6.35. The Morgan fingerprint density at radius 3 is 1.96 bits per heavy atom. The number of amides is 2. The highest BCUT2D eigenvalue weighted by atomic mass is 16.5. The van der Waals surface area contributed by atoms with Gasteiger partial charge in [-0.25, -0.2) is 0 Å². The normalized spacial score (nSPS) is 13.6. The Morgan fingerprint density at radius 2 is 1.43 bits per heavy atom. The van der Waals surface area contributed by atoms with Crippen LogP contribution in [0.1, 0.15) is 26.3 Å². The van der Waals surface area contributed by atoms with Crippen LogP contribution in [0.15, 0.2) is 42.5 Å². The van der Waals surface area contributed by atoms with Crippen molar-refractivity contribution in [1.29, 1.82) is 5.26 Å². The van der Waals surface area contributed by atoms with Crippen molar-refractivity contribution >= 4 is 11.8 Å². The summed E-state index contributed by atoms with van der Waals surface area (Å²) in [5, 5.41) is 8.99.